The first-order valence-corrected chi connectivity index (χ1v) is 24.2. The minimum Gasteiger partial charge on any atom is -0.496 e. The number of carbonyl (C=O) groups excluding carboxylic acids is 4. The Balaban J connectivity index is 0.000000373. The molecule has 0 spiro atoms. The van der Waals surface area contributed by atoms with Crippen molar-refractivity contribution in [3.8, 4) is 28.5 Å². The smallest absolute Gasteiger partial charge is 0.338 e. The van der Waals surface area contributed by atoms with E-state index in [9.17, 15) is 9.59 Å². The third-order valence-electron chi connectivity index (χ3n) is 10.4. The Labute approximate surface area is 435 Å². The molecule has 0 unspecified atom stereocenters. The fourth-order valence-electron chi connectivity index (χ4n) is 7.61. The molecular weight excluding hydrogens is 943 g/mol. The van der Waals surface area contributed by atoms with Gasteiger partial charge in [-0.1, -0.05) is 73.3 Å². The Bertz CT molecular complexity index is 2680. The number of benzene rings is 5. The van der Waals surface area contributed by atoms with Gasteiger partial charge in [-0.2, -0.15) is 0 Å². The number of aryl methyl sites for hydroxylation is 1. The molecule has 0 atom stereocenters. The number of rotatable bonds is 19. The summed E-state index contributed by atoms with van der Waals surface area (Å²) in [6, 6.07) is 35.1. The van der Waals surface area contributed by atoms with E-state index >= 15 is 0 Å². The third kappa shape index (κ3) is 22.7. The average Bonchev–Trinajstić information content (AvgIpc) is 3.80. The second kappa shape index (κ2) is 29.8. The largest absolute Gasteiger partial charge is 0.496 e. The lowest BCUT2D eigenvalue weighted by molar-refractivity contribution is -0.154. The number of aldehydes is 1. The van der Waals surface area contributed by atoms with Crippen LogP contribution in [0.4, 0.5) is 5.13 Å². The number of aromatic nitrogens is 1. The van der Waals surface area contributed by atoms with E-state index in [0.29, 0.717) is 53.3 Å². The molecule has 3 N–H and O–H groups in total. The van der Waals surface area contributed by atoms with Gasteiger partial charge in [0.1, 0.15) is 47.1 Å². The minimum atomic E-state index is -0.612. The van der Waals surface area contributed by atoms with Crippen LogP contribution in [0.1, 0.15) is 95.3 Å². The van der Waals surface area contributed by atoms with Gasteiger partial charge in [0.15, 0.2) is 5.13 Å². The lowest BCUT2D eigenvalue weighted by Gasteiger charge is -2.34. The number of allylic oxidation sites excluding steroid dienone is 1. The first kappa shape index (κ1) is 61.7. The summed E-state index contributed by atoms with van der Waals surface area (Å²) in [5, 5.41) is 12.5. The number of methoxy groups -OCH3 is 2. The summed E-state index contributed by atoms with van der Waals surface area (Å²) in [5.74, 6) is 1.34. The maximum Gasteiger partial charge on any atom is 0.338 e. The van der Waals surface area contributed by atoms with Gasteiger partial charge in [0.05, 0.1) is 30.6 Å². The van der Waals surface area contributed by atoms with Crippen LogP contribution in [-0.2, 0) is 35.0 Å². The highest BCUT2D eigenvalue weighted by molar-refractivity contribution is 7.13. The number of nitrogen functional groups attached to an aromatic ring is 1. The van der Waals surface area contributed by atoms with Gasteiger partial charge in [-0.15, -0.1) is 11.3 Å². The van der Waals surface area contributed by atoms with Crippen LogP contribution in [0.2, 0.25) is 0 Å². The topological polar surface area (TPSA) is 186 Å². The molecule has 6 rings (SSSR count). The first-order valence-electron chi connectivity index (χ1n) is 23.3. The Kier molecular flexibility index (Phi) is 25.2. The standard InChI is InChI=1S/C25H33NO5.C17H24O3.C13H10N2S.C3H4O.CH2O/c1-24(2,29-6)17-25(3,4)31-21-10-8-19(9-11-21)23(27)30-14-13-18-7-12-22(28-5)20(15-18)16-26;1-7-15(18)20-17(5,6)12-16(3,4)19-14-10-8-13(2)9-11-14;14-13-15-12(8-16-13)11-6-5-9-3-1-2-4-10(9)7-11;1-2-3-4;1-2/h7-12,15-16,26H,13-14,17H2,1-6H3;7-11H,1,12H2,2-6H3;1-8H,(H2,14,15);2-3H,1H2;1H2. The summed E-state index contributed by atoms with van der Waals surface area (Å²) in [5.41, 5.74) is 9.26. The fourth-order valence-corrected chi connectivity index (χ4v) is 8.19. The minimum absolute atomic E-state index is 0.250. The molecule has 0 aliphatic heterocycles. The molecule has 6 aromatic rings. The summed E-state index contributed by atoms with van der Waals surface area (Å²) in [6.07, 6.45) is 6.10. The molecule has 73 heavy (non-hydrogen) atoms. The van der Waals surface area contributed by atoms with Crippen LogP contribution in [0.3, 0.4) is 0 Å². The maximum atomic E-state index is 12.3. The number of hydrogen-bond acceptors (Lipinski definition) is 14. The number of nitrogens with two attached hydrogens (primary N) is 1. The van der Waals surface area contributed by atoms with Crippen molar-refractivity contribution in [2.24, 2.45) is 0 Å². The molecule has 0 radical (unpaired) electrons. The Morgan fingerprint density at radius 1 is 0.740 bits per heavy atom. The van der Waals surface area contributed by atoms with Gasteiger partial charge in [-0.3, -0.25) is 4.79 Å². The zero-order valence-corrected chi connectivity index (χ0v) is 45.1. The summed E-state index contributed by atoms with van der Waals surface area (Å²) >= 11 is 1.47. The lowest BCUT2D eigenvalue weighted by Crippen LogP contribution is -2.40. The van der Waals surface area contributed by atoms with E-state index < -0.39 is 22.8 Å². The van der Waals surface area contributed by atoms with Crippen LogP contribution in [0, 0.1) is 12.3 Å². The van der Waals surface area contributed by atoms with Gasteiger partial charge in [-0.25, -0.2) is 14.6 Å². The van der Waals surface area contributed by atoms with Gasteiger partial charge < -0.3 is 44.4 Å². The van der Waals surface area contributed by atoms with Crippen LogP contribution in [-0.4, -0.2) is 79.4 Å². The molecule has 0 bridgehead atoms. The summed E-state index contributed by atoms with van der Waals surface area (Å²) in [7, 11) is 3.26. The quantitative estimate of drug-likeness (QED) is 0.0339. The van der Waals surface area contributed by atoms with Crippen LogP contribution in [0.25, 0.3) is 22.0 Å². The van der Waals surface area contributed by atoms with Crippen molar-refractivity contribution in [2.75, 3.05) is 26.6 Å². The number of nitrogens with zero attached hydrogens (tertiary/aromatic N) is 1. The van der Waals surface area contributed by atoms with Crippen molar-refractivity contribution < 1.29 is 47.6 Å². The number of anilines is 1. The third-order valence-corrected chi connectivity index (χ3v) is 11.1. The summed E-state index contributed by atoms with van der Waals surface area (Å²) in [6.45, 7) is 26.6. The molecule has 1 aromatic heterocycles. The first-order chi connectivity index (χ1) is 34.5. The lowest BCUT2D eigenvalue weighted by atomic mass is 9.92. The van der Waals surface area contributed by atoms with Gasteiger partial charge in [0.25, 0.3) is 0 Å². The highest BCUT2D eigenvalue weighted by atomic mass is 32.1. The van der Waals surface area contributed by atoms with Crippen molar-refractivity contribution in [1.29, 1.82) is 5.41 Å². The highest BCUT2D eigenvalue weighted by Crippen LogP contribution is 2.31. The van der Waals surface area contributed by atoms with Crippen molar-refractivity contribution in [2.45, 2.75) is 104 Å². The van der Waals surface area contributed by atoms with Crippen molar-refractivity contribution >= 4 is 58.5 Å². The Morgan fingerprint density at radius 2 is 1.30 bits per heavy atom. The number of thiazole rings is 1. The van der Waals surface area contributed by atoms with Crippen LogP contribution < -0.4 is 19.9 Å². The molecule has 0 saturated carbocycles. The molecule has 5 aromatic carbocycles. The number of hydrogen-bond donors (Lipinski definition) is 2. The number of carbonyl (C=O) groups is 4. The summed E-state index contributed by atoms with van der Waals surface area (Å²) < 4.78 is 33.5. The van der Waals surface area contributed by atoms with E-state index in [1.807, 2.05) is 129 Å². The molecular formula is C59H73N3O10S. The van der Waals surface area contributed by atoms with Crippen molar-refractivity contribution in [3.05, 3.63) is 162 Å². The highest BCUT2D eigenvalue weighted by Gasteiger charge is 2.33. The molecule has 14 heteroatoms. The second-order valence-corrected chi connectivity index (χ2v) is 19.8. The second-order valence-electron chi connectivity index (χ2n) is 18.9. The fraction of sp³-hybridized carbons (Fsp3) is 0.322. The van der Waals surface area contributed by atoms with Gasteiger partial charge in [0, 0.05) is 55.2 Å². The SMILES string of the molecule is C=CC(=O)OC(C)(C)CC(C)(C)Oc1ccc(C)cc1.C=CC=O.C=O.COc1ccc(CCOC(=O)c2ccc(OC(C)(C)CC(C)(C)OC)cc2)cc1C=N.Nc1nc(-c2ccc3ccccc3c2)cs1. The molecule has 0 aliphatic carbocycles. The van der Waals surface area contributed by atoms with Gasteiger partial charge in [0.2, 0.25) is 0 Å². The predicted molar refractivity (Wildman–Crippen MR) is 295 cm³/mol. The molecule has 0 amide bonds. The zero-order chi connectivity index (χ0) is 54.8. The molecule has 390 valence electrons. The zero-order valence-electron chi connectivity index (χ0n) is 44.2. The monoisotopic (exact) mass is 1020 g/mol. The van der Waals surface area contributed by atoms with Crippen molar-refractivity contribution in [3.63, 3.8) is 0 Å². The maximum absolute atomic E-state index is 12.3. The van der Waals surface area contributed by atoms with E-state index in [-0.39, 0.29) is 18.2 Å². The number of esters is 2. The van der Waals surface area contributed by atoms with Crippen LogP contribution in [0.15, 0.2) is 140 Å². The molecule has 0 aliphatic rings. The predicted octanol–water partition coefficient (Wildman–Crippen LogP) is 12.8. The number of nitrogens with one attached hydrogen (secondary N) is 1. The Morgan fingerprint density at radius 3 is 1.81 bits per heavy atom. The number of ether oxygens (including phenoxy) is 6. The van der Waals surface area contributed by atoms with Crippen molar-refractivity contribution in [1.82, 2.24) is 4.98 Å². The molecule has 1 heterocycles. The van der Waals surface area contributed by atoms with E-state index in [4.69, 9.17) is 49.2 Å². The molecule has 13 nitrogen and oxygen atoms in total. The normalized spacial score (nSPS) is 10.9. The Hall–Kier alpha value is -7.42. The molecule has 0 saturated heterocycles. The summed E-state index contributed by atoms with van der Waals surface area (Å²) in [4.78, 5) is 45.0. The van der Waals surface area contributed by atoms with E-state index in [0.717, 1.165) is 22.6 Å². The molecule has 0 fully saturated rings. The van der Waals surface area contributed by atoms with Gasteiger partial charge >= 0.3 is 11.9 Å². The van der Waals surface area contributed by atoms with Gasteiger partial charge in [-0.05, 0) is 139 Å². The number of fused-ring (bicyclic) bond motifs is 1. The van der Waals surface area contributed by atoms with E-state index in [2.05, 4.69) is 48.5 Å². The average molecular weight is 1020 g/mol. The van der Waals surface area contributed by atoms with Crippen LogP contribution >= 0.6 is 11.3 Å². The van der Waals surface area contributed by atoms with Crippen LogP contribution in [0.5, 0.6) is 17.2 Å². The van der Waals surface area contributed by atoms with E-state index in [1.54, 1.807) is 38.5 Å². The van der Waals surface area contributed by atoms with E-state index in [1.165, 1.54) is 46.0 Å².